The highest BCUT2D eigenvalue weighted by atomic mass is 16.5. The van der Waals surface area contributed by atoms with Crippen LogP contribution in [0.3, 0.4) is 0 Å². The van der Waals surface area contributed by atoms with Crippen LogP contribution in [-0.2, 0) is 4.74 Å². The van der Waals surface area contributed by atoms with Crippen LogP contribution in [0.25, 0.3) is 0 Å². The number of hydrogen-bond donors (Lipinski definition) is 1. The largest absolute Gasteiger partial charge is 0.389 e. The minimum absolute atomic E-state index is 0.0928. The van der Waals surface area contributed by atoms with Gasteiger partial charge in [-0.3, -0.25) is 0 Å². The highest BCUT2D eigenvalue weighted by molar-refractivity contribution is 4.97. The molecule has 0 amide bonds. The molecule has 1 aliphatic carbocycles. The fraction of sp³-hybridized carbons (Fsp3) is 1.00. The van der Waals surface area contributed by atoms with E-state index in [9.17, 15) is 5.11 Å². The Morgan fingerprint density at radius 1 is 1.25 bits per heavy atom. The Hall–Kier alpha value is -0.0800. The zero-order valence-corrected chi connectivity index (χ0v) is 10.8. The Morgan fingerprint density at radius 3 is 2.56 bits per heavy atom. The molecule has 0 radical (unpaired) electrons. The predicted molar refractivity (Wildman–Crippen MR) is 65.4 cm³/mol. The molecule has 0 aromatic carbocycles. The molecule has 1 heterocycles. The van der Waals surface area contributed by atoms with Gasteiger partial charge in [-0.2, -0.15) is 0 Å². The molecular weight excluding hydrogens is 200 g/mol. The van der Waals surface area contributed by atoms with Gasteiger partial charge in [0.2, 0.25) is 0 Å². The Kier molecular flexibility index (Phi) is 3.60. The summed E-state index contributed by atoms with van der Waals surface area (Å²) in [6.45, 7) is 5.05. The minimum Gasteiger partial charge on any atom is -0.389 e. The summed E-state index contributed by atoms with van der Waals surface area (Å²) < 4.78 is 5.84. The fourth-order valence-electron chi connectivity index (χ4n) is 3.48. The van der Waals surface area contributed by atoms with Gasteiger partial charge in [-0.05, 0) is 38.5 Å². The van der Waals surface area contributed by atoms with Gasteiger partial charge in [0.05, 0.1) is 17.8 Å². The summed E-state index contributed by atoms with van der Waals surface area (Å²) in [6.07, 6.45) is 9.07. The van der Waals surface area contributed by atoms with E-state index in [0.717, 1.165) is 25.9 Å². The van der Waals surface area contributed by atoms with Gasteiger partial charge in [0.1, 0.15) is 0 Å². The van der Waals surface area contributed by atoms with Crippen LogP contribution >= 0.6 is 0 Å². The smallest absolute Gasteiger partial charge is 0.0725 e. The van der Waals surface area contributed by atoms with Crippen LogP contribution in [0, 0.1) is 5.92 Å². The third kappa shape index (κ3) is 2.43. The molecule has 0 aromatic heterocycles. The molecule has 2 aliphatic rings. The van der Waals surface area contributed by atoms with Crippen LogP contribution in [0.15, 0.2) is 0 Å². The Morgan fingerprint density at radius 2 is 1.94 bits per heavy atom. The molecule has 2 unspecified atom stereocenters. The summed E-state index contributed by atoms with van der Waals surface area (Å²) in [7, 11) is 0. The second-order valence-corrected chi connectivity index (χ2v) is 6.02. The van der Waals surface area contributed by atoms with Crippen molar-refractivity contribution in [1.29, 1.82) is 0 Å². The third-order valence-corrected chi connectivity index (χ3v) is 4.78. The zero-order valence-electron chi connectivity index (χ0n) is 10.8. The van der Waals surface area contributed by atoms with Gasteiger partial charge in [0.25, 0.3) is 0 Å². The van der Waals surface area contributed by atoms with Gasteiger partial charge in [-0.15, -0.1) is 0 Å². The van der Waals surface area contributed by atoms with E-state index in [1.165, 1.54) is 32.1 Å². The average Bonchev–Trinajstić information content (AvgIpc) is 2.30. The van der Waals surface area contributed by atoms with Crippen LogP contribution < -0.4 is 0 Å². The normalized spacial score (nSPS) is 42.2. The second kappa shape index (κ2) is 4.66. The molecule has 16 heavy (non-hydrogen) atoms. The maximum atomic E-state index is 10.9. The fourth-order valence-corrected chi connectivity index (χ4v) is 3.48. The SMILES string of the molecule is CCC1(C)CC(O)(C2CCCCC2)CCO1. The first-order valence-electron chi connectivity index (χ1n) is 6.94. The Labute approximate surface area is 99.4 Å². The lowest BCUT2D eigenvalue weighted by molar-refractivity contribution is -0.177. The number of ether oxygens (including phenoxy) is 1. The maximum absolute atomic E-state index is 10.9. The highest BCUT2D eigenvalue weighted by Gasteiger charge is 2.45. The zero-order chi connectivity index (χ0) is 11.6. The summed E-state index contributed by atoms with van der Waals surface area (Å²) in [4.78, 5) is 0. The van der Waals surface area contributed by atoms with Crippen LogP contribution in [-0.4, -0.2) is 22.9 Å². The van der Waals surface area contributed by atoms with Crippen LogP contribution in [0.5, 0.6) is 0 Å². The van der Waals surface area contributed by atoms with Crippen molar-refractivity contribution in [1.82, 2.24) is 0 Å². The van der Waals surface area contributed by atoms with Crippen molar-refractivity contribution in [3.05, 3.63) is 0 Å². The summed E-state index contributed by atoms with van der Waals surface area (Å²) in [5.74, 6) is 0.524. The quantitative estimate of drug-likeness (QED) is 0.783. The van der Waals surface area contributed by atoms with Gasteiger partial charge in [-0.25, -0.2) is 0 Å². The van der Waals surface area contributed by atoms with Crippen molar-refractivity contribution in [2.75, 3.05) is 6.61 Å². The average molecular weight is 226 g/mol. The molecule has 2 rings (SSSR count). The first kappa shape index (κ1) is 12.4. The first-order chi connectivity index (χ1) is 7.58. The highest BCUT2D eigenvalue weighted by Crippen LogP contribution is 2.43. The lowest BCUT2D eigenvalue weighted by Gasteiger charge is -2.48. The molecule has 2 fully saturated rings. The molecular formula is C14H26O2. The molecule has 2 nitrogen and oxygen atoms in total. The summed E-state index contributed by atoms with van der Waals surface area (Å²) in [6, 6.07) is 0. The van der Waals surface area contributed by atoms with Crippen molar-refractivity contribution in [2.24, 2.45) is 5.92 Å². The van der Waals surface area contributed by atoms with Crippen molar-refractivity contribution in [3.63, 3.8) is 0 Å². The van der Waals surface area contributed by atoms with Crippen LogP contribution in [0.4, 0.5) is 0 Å². The summed E-state index contributed by atoms with van der Waals surface area (Å²) in [5, 5.41) is 10.9. The second-order valence-electron chi connectivity index (χ2n) is 6.02. The topological polar surface area (TPSA) is 29.5 Å². The number of aliphatic hydroxyl groups is 1. The van der Waals surface area contributed by atoms with Crippen molar-refractivity contribution < 1.29 is 9.84 Å². The predicted octanol–water partition coefficient (Wildman–Crippen LogP) is 3.28. The van der Waals surface area contributed by atoms with Gasteiger partial charge in [-0.1, -0.05) is 26.2 Å². The van der Waals surface area contributed by atoms with Crippen LogP contribution in [0.1, 0.15) is 65.2 Å². The van der Waals surface area contributed by atoms with Crippen LogP contribution in [0.2, 0.25) is 0 Å². The van der Waals surface area contributed by atoms with E-state index in [0.29, 0.717) is 5.92 Å². The molecule has 0 spiro atoms. The third-order valence-electron chi connectivity index (χ3n) is 4.78. The summed E-state index contributed by atoms with van der Waals surface area (Å²) >= 11 is 0. The molecule has 0 aromatic rings. The van der Waals surface area contributed by atoms with E-state index in [2.05, 4.69) is 13.8 Å². The molecule has 1 saturated heterocycles. The first-order valence-corrected chi connectivity index (χ1v) is 6.94. The maximum Gasteiger partial charge on any atom is 0.0725 e. The molecule has 94 valence electrons. The molecule has 1 aliphatic heterocycles. The molecule has 2 atom stereocenters. The van der Waals surface area contributed by atoms with Gasteiger partial charge in [0, 0.05) is 6.42 Å². The van der Waals surface area contributed by atoms with E-state index in [1.807, 2.05) is 0 Å². The molecule has 1 N–H and O–H groups in total. The molecule has 1 saturated carbocycles. The van der Waals surface area contributed by atoms with Crippen molar-refractivity contribution in [2.45, 2.75) is 76.4 Å². The standard InChI is InChI=1S/C14H26O2/c1-3-13(2)11-14(15,9-10-16-13)12-7-5-4-6-8-12/h12,15H,3-11H2,1-2H3. The molecule has 2 heteroatoms. The molecule has 0 bridgehead atoms. The van der Waals surface area contributed by atoms with E-state index in [4.69, 9.17) is 4.74 Å². The Balaban J connectivity index is 2.05. The van der Waals surface area contributed by atoms with Gasteiger partial charge >= 0.3 is 0 Å². The number of hydrogen-bond acceptors (Lipinski definition) is 2. The van der Waals surface area contributed by atoms with E-state index in [-0.39, 0.29) is 5.60 Å². The van der Waals surface area contributed by atoms with E-state index < -0.39 is 5.60 Å². The van der Waals surface area contributed by atoms with Crippen molar-refractivity contribution >= 4 is 0 Å². The van der Waals surface area contributed by atoms with Gasteiger partial charge < -0.3 is 9.84 Å². The van der Waals surface area contributed by atoms with E-state index in [1.54, 1.807) is 0 Å². The van der Waals surface area contributed by atoms with Gasteiger partial charge in [0.15, 0.2) is 0 Å². The lowest BCUT2D eigenvalue weighted by Crippen LogP contribution is -2.51. The monoisotopic (exact) mass is 226 g/mol. The number of rotatable bonds is 2. The summed E-state index contributed by atoms with van der Waals surface area (Å²) in [5.41, 5.74) is -0.534. The van der Waals surface area contributed by atoms with E-state index >= 15 is 0 Å². The Bertz CT molecular complexity index is 235. The lowest BCUT2D eigenvalue weighted by atomic mass is 9.69. The van der Waals surface area contributed by atoms with Crippen molar-refractivity contribution in [3.8, 4) is 0 Å². The minimum atomic E-state index is -0.441.